The van der Waals surface area contributed by atoms with E-state index in [1.165, 1.54) is 0 Å². The monoisotopic (exact) mass is 195 g/mol. The van der Waals surface area contributed by atoms with Crippen LogP contribution in [0, 0.1) is 0 Å². The average Bonchev–Trinajstić information content (AvgIpc) is 2.27. The van der Waals surface area contributed by atoms with E-state index in [2.05, 4.69) is 4.43 Å². The zero-order valence-corrected chi connectivity index (χ0v) is 6.36. The molecule has 0 aliphatic rings. The smallest absolute Gasteiger partial charge is 0.192 e. The molecule has 0 bridgehead atoms. The fraction of sp³-hybridized carbons (Fsp3) is 1.00. The molecule has 3 heteroatoms. The van der Waals surface area contributed by atoms with Gasteiger partial charge >= 0.3 is 0 Å². The lowest BCUT2D eigenvalue weighted by Gasteiger charge is -2.35. The maximum Gasteiger partial charge on any atom is 0.192 e. The van der Waals surface area contributed by atoms with Crippen molar-refractivity contribution in [3.8, 4) is 0 Å². The first-order chi connectivity index (χ1) is 12.5. The van der Waals surface area contributed by atoms with E-state index in [1.807, 2.05) is 0 Å². The van der Waals surface area contributed by atoms with Crippen molar-refractivity contribution >= 4 is 8.32 Å². The van der Waals surface area contributed by atoms with E-state index in [0.717, 1.165) is 0 Å². The molecule has 0 aliphatic heterocycles. The van der Waals surface area contributed by atoms with Crippen LogP contribution >= 0.6 is 0 Å². The Kier molecular flexibility index (Phi) is 0.453. The predicted molar refractivity (Wildman–Crippen MR) is 50.2 cm³/mol. The highest BCUT2D eigenvalue weighted by Gasteiger charge is 2.36. The summed E-state index contributed by atoms with van der Waals surface area (Å²) in [5.41, 5.74) is 0. The summed E-state index contributed by atoms with van der Waals surface area (Å²) in [4.78, 5) is 0. The van der Waals surface area contributed by atoms with Crippen LogP contribution in [-0.2, 0) is 4.43 Å². The molecule has 1 N–H and O–H groups in total. The van der Waals surface area contributed by atoms with Gasteiger partial charge in [0.15, 0.2) is 8.32 Å². The Hall–Kier alpha value is 0.137. The molecule has 0 fully saturated rings. The standard InChI is InChI=1S/C8H20O2Si/c1-8(2,3)11(4,5)10-7-6-9/h9H,6-7H2,1-5H3/i1D3,2D3,3D3,4D3,5D3,6D2,7D2. The maximum atomic E-state index is 9.38. The molecule has 0 aliphatic carbocycles. The molecule has 0 spiro atoms. The lowest BCUT2D eigenvalue weighted by molar-refractivity contribution is 0.189. The van der Waals surface area contributed by atoms with E-state index in [-0.39, 0.29) is 0 Å². The molecule has 0 aromatic carbocycles. The van der Waals surface area contributed by atoms with Gasteiger partial charge in [-0.05, 0) is 18.0 Å². The van der Waals surface area contributed by atoms with Crippen LogP contribution in [0.15, 0.2) is 0 Å². The molecule has 0 aromatic heterocycles. The second-order valence-corrected chi connectivity index (χ2v) is 4.06. The van der Waals surface area contributed by atoms with Gasteiger partial charge in [-0.25, -0.2) is 0 Å². The lowest BCUT2D eigenvalue weighted by Crippen LogP contribution is -2.41. The third kappa shape index (κ3) is 3.36. The Balaban J connectivity index is 8.15. The Morgan fingerprint density at radius 2 is 2.18 bits per heavy atom. The molecule has 68 valence electrons. The average molecular weight is 195 g/mol. The van der Waals surface area contributed by atoms with Crippen molar-refractivity contribution in [2.75, 3.05) is 13.1 Å². The van der Waals surface area contributed by atoms with Gasteiger partial charge in [0.05, 0.1) is 18.6 Å². The summed E-state index contributed by atoms with van der Waals surface area (Å²) in [6, 6.07) is 0. The fourth-order valence-electron chi connectivity index (χ4n) is 0.176. The number of rotatable bonds is 3. The third-order valence-electron chi connectivity index (χ3n) is 0.778. The minimum atomic E-state index is -7.09. The van der Waals surface area contributed by atoms with Crippen LogP contribution in [0.25, 0.3) is 0 Å². The molecule has 11 heavy (non-hydrogen) atoms. The van der Waals surface area contributed by atoms with Gasteiger partial charge in [0.1, 0.15) is 0 Å². The highest BCUT2D eigenvalue weighted by molar-refractivity contribution is 6.74. The molecule has 0 atom stereocenters. The van der Waals surface area contributed by atoms with Crippen LogP contribution in [0.5, 0.6) is 0 Å². The highest BCUT2D eigenvalue weighted by atomic mass is 28.4. The zero-order chi connectivity index (χ0) is 25.2. The molecule has 0 radical (unpaired) electrons. The molecule has 0 amide bonds. The SMILES string of the molecule is [2H]C([2H])([2H])C(C([2H])([2H])[2H])(C([2H])([2H])[2H])[Si](OC([2H])([2H])C([2H])([2H])O)(C([2H])([2H])[2H])C([2H])([2H])[2H]. The number of hydrogen-bond donors (Lipinski definition) is 1. The molecule has 0 saturated carbocycles. The molecule has 0 rings (SSSR count). The van der Waals surface area contributed by atoms with Crippen LogP contribution in [0.2, 0.25) is 18.0 Å². The summed E-state index contributed by atoms with van der Waals surface area (Å²) in [5.74, 6) is 0. The highest BCUT2D eigenvalue weighted by Crippen LogP contribution is 2.36. The van der Waals surface area contributed by atoms with Gasteiger partial charge in [-0.15, -0.1) is 0 Å². The Labute approximate surface area is 97.4 Å². The van der Waals surface area contributed by atoms with Gasteiger partial charge in [-0.2, -0.15) is 0 Å². The Bertz CT molecular complexity index is 561. The van der Waals surface area contributed by atoms with Crippen molar-refractivity contribution in [1.29, 1.82) is 0 Å². The number of aliphatic hydroxyl groups is 1. The van der Waals surface area contributed by atoms with Crippen LogP contribution in [-0.4, -0.2) is 26.5 Å². The summed E-state index contributed by atoms with van der Waals surface area (Å²) in [6.45, 7) is -30.5. The minimum absolute atomic E-state index is 4.17. The van der Waals surface area contributed by atoms with E-state index >= 15 is 0 Å². The summed E-state index contributed by atoms with van der Waals surface area (Å²) in [5, 5.41) is 4.72. The van der Waals surface area contributed by atoms with E-state index in [1.54, 1.807) is 0 Å². The van der Waals surface area contributed by atoms with Crippen LogP contribution in [0.1, 0.15) is 46.6 Å². The number of hydrogen-bond acceptors (Lipinski definition) is 2. The first kappa shape index (κ1) is 1.35. The van der Waals surface area contributed by atoms with Crippen LogP contribution in [0.4, 0.5) is 0 Å². The van der Waals surface area contributed by atoms with Crippen molar-refractivity contribution < 1.29 is 35.6 Å². The quantitative estimate of drug-likeness (QED) is 0.698. The van der Waals surface area contributed by atoms with Crippen LogP contribution < -0.4 is 0 Å². The summed E-state index contributed by atoms with van der Waals surface area (Å²) in [6.07, 6.45) is 0. The first-order valence-electron chi connectivity index (χ1n) is 11.9. The maximum absolute atomic E-state index is 9.38. The molecule has 0 aromatic rings. The largest absolute Gasteiger partial charge is 0.414 e. The summed E-state index contributed by atoms with van der Waals surface area (Å²) >= 11 is 0. The Morgan fingerprint density at radius 3 is 2.55 bits per heavy atom. The lowest BCUT2D eigenvalue weighted by atomic mass is 10.2. The molecule has 0 saturated heterocycles. The third-order valence-corrected chi connectivity index (χ3v) is 2.24. The summed E-state index contributed by atoms with van der Waals surface area (Å²) < 4.78 is 148. The van der Waals surface area contributed by atoms with Gasteiger partial charge < -0.3 is 9.53 Å². The van der Waals surface area contributed by atoms with Crippen molar-refractivity contribution in [1.82, 2.24) is 0 Å². The first-order valence-corrected chi connectivity index (χ1v) is 4.29. The van der Waals surface area contributed by atoms with Crippen molar-refractivity contribution in [3.05, 3.63) is 0 Å². The fourth-order valence-corrected chi connectivity index (χ4v) is 0.528. The van der Waals surface area contributed by atoms with E-state index in [9.17, 15) is 5.11 Å². The van der Waals surface area contributed by atoms with E-state index < -0.39 is 60.0 Å². The van der Waals surface area contributed by atoms with E-state index in [0.29, 0.717) is 0 Å². The van der Waals surface area contributed by atoms with Crippen molar-refractivity contribution in [3.63, 3.8) is 0 Å². The Morgan fingerprint density at radius 1 is 1.55 bits per heavy atom. The topological polar surface area (TPSA) is 29.5 Å². The normalized spacial score (nSPS) is 47.5. The summed E-state index contributed by atoms with van der Waals surface area (Å²) in [7, 11) is -7.09. The molecular weight excluding hydrogens is 156 g/mol. The second kappa shape index (κ2) is 3.69. The van der Waals surface area contributed by atoms with Crippen molar-refractivity contribution in [2.45, 2.75) is 38.5 Å². The van der Waals surface area contributed by atoms with Gasteiger partial charge in [-0.3, -0.25) is 0 Å². The van der Waals surface area contributed by atoms with E-state index in [4.69, 9.17) is 26.0 Å². The minimum Gasteiger partial charge on any atom is -0.414 e. The van der Waals surface area contributed by atoms with Crippen LogP contribution in [0.3, 0.4) is 0 Å². The van der Waals surface area contributed by atoms with Gasteiger partial charge in [-0.1, -0.05) is 20.6 Å². The molecule has 0 heterocycles. The molecule has 0 unspecified atom stereocenters. The van der Waals surface area contributed by atoms with Crippen molar-refractivity contribution in [2.24, 2.45) is 0 Å². The van der Waals surface area contributed by atoms with Gasteiger partial charge in [0.2, 0.25) is 0 Å². The zero-order valence-electron chi connectivity index (χ0n) is 24.4. The van der Waals surface area contributed by atoms with Gasteiger partial charge in [0, 0.05) is 20.6 Å². The van der Waals surface area contributed by atoms with Gasteiger partial charge in [0.25, 0.3) is 0 Å². The predicted octanol–water partition coefficient (Wildman–Crippen LogP) is 2.00. The second-order valence-electron chi connectivity index (χ2n) is 1.75. The molecule has 2 nitrogen and oxygen atoms in total. The molecular formula is C8H20O2Si.